The van der Waals surface area contributed by atoms with Gasteiger partial charge in [0.15, 0.2) is 0 Å². The third-order valence-electron chi connectivity index (χ3n) is 3.37. The van der Waals surface area contributed by atoms with Crippen LogP contribution in [0.15, 0.2) is 12.5 Å². The predicted octanol–water partition coefficient (Wildman–Crippen LogP) is 3.96. The molecule has 0 aliphatic rings. The zero-order valence-corrected chi connectivity index (χ0v) is 13.8. The topological polar surface area (TPSA) is 42.7 Å². The average Bonchev–Trinajstić information content (AvgIpc) is 3.01. The molecule has 1 N–H and O–H groups in total. The van der Waals surface area contributed by atoms with E-state index in [0.717, 1.165) is 29.4 Å². The first-order valence-corrected chi connectivity index (χ1v) is 8.09. The van der Waals surface area contributed by atoms with Crippen molar-refractivity contribution in [2.45, 2.75) is 53.1 Å². The molecule has 0 aliphatic heterocycles. The summed E-state index contributed by atoms with van der Waals surface area (Å²) in [6.45, 7) is 11.9. The van der Waals surface area contributed by atoms with E-state index in [2.05, 4.69) is 49.5 Å². The fourth-order valence-electron chi connectivity index (χ4n) is 2.25. The molecule has 2 heterocycles. The van der Waals surface area contributed by atoms with Gasteiger partial charge in [-0.25, -0.2) is 9.97 Å². The van der Waals surface area contributed by atoms with E-state index in [1.54, 1.807) is 11.3 Å². The standard InChI is InChI=1S/C15H24N4S/c1-6-7-17-11(4)14-12(5)18-15(20-14)13-8-16-9-19(13)10(2)3/h8-11,17H,6-7H2,1-5H3. The lowest BCUT2D eigenvalue weighted by Crippen LogP contribution is -2.18. The molecule has 2 aromatic rings. The monoisotopic (exact) mass is 292 g/mol. The van der Waals surface area contributed by atoms with Crippen molar-refractivity contribution in [2.24, 2.45) is 0 Å². The second-order valence-electron chi connectivity index (χ2n) is 5.42. The quantitative estimate of drug-likeness (QED) is 0.876. The molecule has 0 fully saturated rings. The highest BCUT2D eigenvalue weighted by Crippen LogP contribution is 2.32. The van der Waals surface area contributed by atoms with Crippen LogP contribution in [0.1, 0.15) is 56.8 Å². The number of nitrogens with zero attached hydrogens (tertiary/aromatic N) is 3. The summed E-state index contributed by atoms with van der Waals surface area (Å²) in [6.07, 6.45) is 4.94. The van der Waals surface area contributed by atoms with Crippen LogP contribution < -0.4 is 5.32 Å². The molecule has 1 unspecified atom stereocenters. The van der Waals surface area contributed by atoms with Gasteiger partial charge in [0.25, 0.3) is 0 Å². The molecule has 20 heavy (non-hydrogen) atoms. The highest BCUT2D eigenvalue weighted by Gasteiger charge is 2.17. The zero-order chi connectivity index (χ0) is 14.7. The number of thiazole rings is 1. The summed E-state index contributed by atoms with van der Waals surface area (Å²) in [5.74, 6) is 0. The van der Waals surface area contributed by atoms with Gasteiger partial charge in [-0.3, -0.25) is 0 Å². The molecule has 1 atom stereocenters. The summed E-state index contributed by atoms with van der Waals surface area (Å²) < 4.78 is 2.17. The molecule has 110 valence electrons. The Morgan fingerprint density at radius 1 is 1.35 bits per heavy atom. The first-order chi connectivity index (χ1) is 9.54. The second kappa shape index (κ2) is 6.50. The Hall–Kier alpha value is -1.20. The fourth-order valence-corrected chi connectivity index (χ4v) is 3.36. The van der Waals surface area contributed by atoms with Gasteiger partial charge in [-0.2, -0.15) is 0 Å². The molecule has 0 aromatic carbocycles. The molecule has 0 radical (unpaired) electrons. The van der Waals surface area contributed by atoms with Gasteiger partial charge in [-0.05, 0) is 40.7 Å². The van der Waals surface area contributed by atoms with E-state index in [0.29, 0.717) is 12.1 Å². The molecule has 0 saturated carbocycles. The van der Waals surface area contributed by atoms with E-state index in [1.807, 2.05) is 12.5 Å². The number of hydrogen-bond acceptors (Lipinski definition) is 4. The van der Waals surface area contributed by atoms with E-state index in [9.17, 15) is 0 Å². The van der Waals surface area contributed by atoms with Crippen LogP contribution >= 0.6 is 11.3 Å². The summed E-state index contributed by atoms with van der Waals surface area (Å²) >= 11 is 1.77. The Morgan fingerprint density at radius 3 is 2.75 bits per heavy atom. The molecule has 2 aromatic heterocycles. The maximum atomic E-state index is 4.74. The van der Waals surface area contributed by atoms with Gasteiger partial charge in [0.1, 0.15) is 5.01 Å². The number of aryl methyl sites for hydroxylation is 1. The summed E-state index contributed by atoms with van der Waals surface area (Å²) in [4.78, 5) is 10.3. The van der Waals surface area contributed by atoms with Crippen molar-refractivity contribution in [2.75, 3.05) is 6.54 Å². The maximum absolute atomic E-state index is 4.74. The molecule has 5 heteroatoms. The van der Waals surface area contributed by atoms with Crippen LogP contribution in [0.5, 0.6) is 0 Å². The fraction of sp³-hybridized carbons (Fsp3) is 0.600. The molecular weight excluding hydrogens is 268 g/mol. The van der Waals surface area contributed by atoms with Crippen molar-refractivity contribution in [3.8, 4) is 10.7 Å². The largest absolute Gasteiger partial charge is 0.326 e. The Labute approximate surface area is 125 Å². The van der Waals surface area contributed by atoms with Gasteiger partial charge >= 0.3 is 0 Å². The lowest BCUT2D eigenvalue weighted by Gasteiger charge is -2.11. The molecule has 0 spiro atoms. The number of nitrogens with one attached hydrogen (secondary N) is 1. The van der Waals surface area contributed by atoms with E-state index in [1.165, 1.54) is 4.88 Å². The SMILES string of the molecule is CCCNC(C)c1sc(-c2cncn2C(C)C)nc1C. The van der Waals surface area contributed by atoms with Crippen molar-refractivity contribution in [3.63, 3.8) is 0 Å². The van der Waals surface area contributed by atoms with Crippen LogP contribution in [-0.2, 0) is 0 Å². The van der Waals surface area contributed by atoms with Crippen LogP contribution in [0.4, 0.5) is 0 Å². The number of imidazole rings is 1. The summed E-state index contributed by atoms with van der Waals surface area (Å²) in [7, 11) is 0. The predicted molar refractivity (Wildman–Crippen MR) is 85.2 cm³/mol. The lowest BCUT2D eigenvalue weighted by atomic mass is 10.2. The number of rotatable bonds is 6. The Morgan fingerprint density at radius 2 is 2.10 bits per heavy atom. The Balaban J connectivity index is 2.29. The molecule has 4 nitrogen and oxygen atoms in total. The average molecular weight is 292 g/mol. The highest BCUT2D eigenvalue weighted by molar-refractivity contribution is 7.15. The molecule has 0 aliphatic carbocycles. The van der Waals surface area contributed by atoms with Crippen molar-refractivity contribution in [3.05, 3.63) is 23.1 Å². The van der Waals surface area contributed by atoms with Crippen molar-refractivity contribution < 1.29 is 0 Å². The lowest BCUT2D eigenvalue weighted by molar-refractivity contribution is 0.575. The first-order valence-electron chi connectivity index (χ1n) is 7.27. The van der Waals surface area contributed by atoms with E-state index >= 15 is 0 Å². The summed E-state index contributed by atoms with van der Waals surface area (Å²) in [5, 5.41) is 4.60. The Bertz CT molecular complexity index is 556. The first kappa shape index (κ1) is 15.2. The third-order valence-corrected chi connectivity index (χ3v) is 4.73. The van der Waals surface area contributed by atoms with E-state index in [-0.39, 0.29) is 0 Å². The van der Waals surface area contributed by atoms with E-state index in [4.69, 9.17) is 4.98 Å². The van der Waals surface area contributed by atoms with Crippen LogP contribution in [0, 0.1) is 6.92 Å². The molecule has 0 bridgehead atoms. The molecule has 2 rings (SSSR count). The van der Waals surface area contributed by atoms with Gasteiger partial charge in [-0.15, -0.1) is 11.3 Å². The molecule has 0 saturated heterocycles. The minimum Gasteiger partial charge on any atom is -0.326 e. The van der Waals surface area contributed by atoms with Crippen molar-refractivity contribution in [1.82, 2.24) is 19.9 Å². The van der Waals surface area contributed by atoms with E-state index < -0.39 is 0 Å². The van der Waals surface area contributed by atoms with Gasteiger partial charge < -0.3 is 9.88 Å². The van der Waals surface area contributed by atoms with Crippen LogP contribution in [-0.4, -0.2) is 21.1 Å². The number of hydrogen-bond donors (Lipinski definition) is 1. The molecular formula is C15H24N4S. The smallest absolute Gasteiger partial charge is 0.142 e. The van der Waals surface area contributed by atoms with Crippen LogP contribution in [0.2, 0.25) is 0 Å². The normalized spacial score (nSPS) is 13.1. The molecule has 0 amide bonds. The van der Waals surface area contributed by atoms with Crippen molar-refractivity contribution >= 4 is 11.3 Å². The maximum Gasteiger partial charge on any atom is 0.142 e. The number of aromatic nitrogens is 3. The van der Waals surface area contributed by atoms with Gasteiger partial charge in [-0.1, -0.05) is 6.92 Å². The van der Waals surface area contributed by atoms with Crippen LogP contribution in [0.25, 0.3) is 10.7 Å². The minimum absolute atomic E-state index is 0.358. The summed E-state index contributed by atoms with van der Waals surface area (Å²) in [6, 6.07) is 0.757. The Kier molecular flexibility index (Phi) is 4.94. The summed E-state index contributed by atoms with van der Waals surface area (Å²) in [5.41, 5.74) is 2.24. The van der Waals surface area contributed by atoms with Gasteiger partial charge in [0.2, 0.25) is 0 Å². The van der Waals surface area contributed by atoms with Crippen LogP contribution in [0.3, 0.4) is 0 Å². The van der Waals surface area contributed by atoms with Gasteiger partial charge in [0, 0.05) is 17.0 Å². The third kappa shape index (κ3) is 3.10. The zero-order valence-electron chi connectivity index (χ0n) is 13.0. The second-order valence-corrected chi connectivity index (χ2v) is 6.46. The van der Waals surface area contributed by atoms with Crippen molar-refractivity contribution in [1.29, 1.82) is 0 Å². The van der Waals surface area contributed by atoms with Gasteiger partial charge in [0.05, 0.1) is 23.9 Å². The highest BCUT2D eigenvalue weighted by atomic mass is 32.1. The minimum atomic E-state index is 0.358.